The summed E-state index contributed by atoms with van der Waals surface area (Å²) in [4.78, 5) is 7.07. The van der Waals surface area contributed by atoms with E-state index in [-0.39, 0.29) is 5.41 Å². The second-order valence-electron chi connectivity index (χ2n) is 6.86. The second-order valence-corrected chi connectivity index (χ2v) is 6.86. The van der Waals surface area contributed by atoms with Crippen molar-refractivity contribution in [1.29, 1.82) is 0 Å². The molecular formula is C15H26N4O. The van der Waals surface area contributed by atoms with Gasteiger partial charge in [-0.1, -0.05) is 31.8 Å². The smallest absolute Gasteiger partial charge is 0.230 e. The third-order valence-corrected chi connectivity index (χ3v) is 4.86. The lowest BCUT2D eigenvalue weighted by Gasteiger charge is -2.36. The van der Waals surface area contributed by atoms with Gasteiger partial charge in [-0.05, 0) is 18.3 Å². The first-order valence-electron chi connectivity index (χ1n) is 7.91. The lowest BCUT2D eigenvalue weighted by molar-refractivity contribution is 0.163. The SMILES string of the molecule is CC1(C)CCCCC1c1nc(CN2CCNCC2)no1. The molecule has 0 spiro atoms. The molecule has 1 aromatic heterocycles. The van der Waals surface area contributed by atoms with Gasteiger partial charge in [-0.2, -0.15) is 4.98 Å². The zero-order valence-corrected chi connectivity index (χ0v) is 12.7. The maximum atomic E-state index is 5.58. The van der Waals surface area contributed by atoms with Crippen LogP contribution < -0.4 is 5.32 Å². The van der Waals surface area contributed by atoms with Crippen LogP contribution >= 0.6 is 0 Å². The van der Waals surface area contributed by atoms with E-state index < -0.39 is 0 Å². The highest BCUT2D eigenvalue weighted by Gasteiger charge is 2.37. The van der Waals surface area contributed by atoms with Crippen LogP contribution in [0.4, 0.5) is 0 Å². The predicted octanol–water partition coefficient (Wildman–Crippen LogP) is 2.16. The van der Waals surface area contributed by atoms with Gasteiger partial charge in [-0.3, -0.25) is 4.90 Å². The molecule has 1 aliphatic heterocycles. The minimum atomic E-state index is 0.289. The monoisotopic (exact) mass is 278 g/mol. The van der Waals surface area contributed by atoms with Crippen molar-refractivity contribution in [3.8, 4) is 0 Å². The fraction of sp³-hybridized carbons (Fsp3) is 0.867. The minimum absolute atomic E-state index is 0.289. The van der Waals surface area contributed by atoms with Gasteiger partial charge in [0, 0.05) is 32.1 Å². The molecule has 20 heavy (non-hydrogen) atoms. The molecular weight excluding hydrogens is 252 g/mol. The predicted molar refractivity (Wildman–Crippen MR) is 77.4 cm³/mol. The third-order valence-electron chi connectivity index (χ3n) is 4.86. The summed E-state index contributed by atoms with van der Waals surface area (Å²) in [5.41, 5.74) is 0.289. The summed E-state index contributed by atoms with van der Waals surface area (Å²) in [6, 6.07) is 0. The van der Waals surface area contributed by atoms with Crippen LogP contribution in [0.1, 0.15) is 57.2 Å². The van der Waals surface area contributed by atoms with Crippen LogP contribution in [-0.2, 0) is 6.54 Å². The fourth-order valence-electron chi connectivity index (χ4n) is 3.49. The highest BCUT2D eigenvalue weighted by Crippen LogP contribution is 2.46. The summed E-state index contributed by atoms with van der Waals surface area (Å²) in [5, 5.41) is 7.57. The molecule has 1 saturated carbocycles. The van der Waals surface area contributed by atoms with E-state index >= 15 is 0 Å². The molecule has 112 valence electrons. The van der Waals surface area contributed by atoms with Gasteiger partial charge in [0.2, 0.25) is 5.89 Å². The fourth-order valence-corrected chi connectivity index (χ4v) is 3.49. The molecule has 5 nitrogen and oxygen atoms in total. The van der Waals surface area contributed by atoms with Crippen molar-refractivity contribution in [2.75, 3.05) is 26.2 Å². The largest absolute Gasteiger partial charge is 0.339 e. The molecule has 0 amide bonds. The van der Waals surface area contributed by atoms with Gasteiger partial charge in [0.05, 0.1) is 6.54 Å². The van der Waals surface area contributed by atoms with Gasteiger partial charge in [0.25, 0.3) is 0 Å². The maximum Gasteiger partial charge on any atom is 0.230 e. The van der Waals surface area contributed by atoms with Gasteiger partial charge in [-0.25, -0.2) is 0 Å². The Kier molecular flexibility index (Phi) is 4.08. The van der Waals surface area contributed by atoms with Gasteiger partial charge in [-0.15, -0.1) is 0 Å². The molecule has 1 saturated heterocycles. The van der Waals surface area contributed by atoms with Crippen molar-refractivity contribution in [2.24, 2.45) is 5.41 Å². The highest BCUT2D eigenvalue weighted by atomic mass is 16.5. The summed E-state index contributed by atoms with van der Waals surface area (Å²) in [6.45, 7) is 9.73. The van der Waals surface area contributed by atoms with Crippen LogP contribution in [0.5, 0.6) is 0 Å². The van der Waals surface area contributed by atoms with Crippen LogP contribution in [0, 0.1) is 5.41 Å². The van der Waals surface area contributed by atoms with Crippen molar-refractivity contribution >= 4 is 0 Å². The Balaban J connectivity index is 1.66. The van der Waals surface area contributed by atoms with E-state index in [1.807, 2.05) is 0 Å². The number of hydrogen-bond acceptors (Lipinski definition) is 5. The van der Waals surface area contributed by atoms with Gasteiger partial charge in [0.1, 0.15) is 0 Å². The van der Waals surface area contributed by atoms with Gasteiger partial charge < -0.3 is 9.84 Å². The molecule has 0 bridgehead atoms. The molecule has 1 aliphatic carbocycles. The van der Waals surface area contributed by atoms with Crippen LogP contribution in [0.15, 0.2) is 4.52 Å². The number of aromatic nitrogens is 2. The maximum absolute atomic E-state index is 5.58. The Bertz CT molecular complexity index is 437. The molecule has 0 aromatic carbocycles. The topological polar surface area (TPSA) is 54.2 Å². The van der Waals surface area contributed by atoms with Crippen LogP contribution in [0.2, 0.25) is 0 Å². The van der Waals surface area contributed by atoms with Crippen molar-refractivity contribution < 1.29 is 4.52 Å². The molecule has 1 N–H and O–H groups in total. The van der Waals surface area contributed by atoms with Crippen LogP contribution in [-0.4, -0.2) is 41.2 Å². The first-order valence-corrected chi connectivity index (χ1v) is 7.91. The van der Waals surface area contributed by atoms with E-state index in [4.69, 9.17) is 4.52 Å². The molecule has 0 radical (unpaired) electrons. The number of rotatable bonds is 3. The third kappa shape index (κ3) is 3.04. The second kappa shape index (κ2) is 5.82. The van der Waals surface area contributed by atoms with Crippen molar-refractivity contribution in [2.45, 2.75) is 52.0 Å². The zero-order chi connectivity index (χ0) is 14.0. The van der Waals surface area contributed by atoms with E-state index in [9.17, 15) is 0 Å². The number of nitrogens with zero attached hydrogens (tertiary/aromatic N) is 3. The molecule has 2 fully saturated rings. The molecule has 1 unspecified atom stereocenters. The molecule has 2 aliphatic rings. The number of nitrogens with one attached hydrogen (secondary N) is 1. The van der Waals surface area contributed by atoms with Gasteiger partial charge >= 0.3 is 0 Å². The van der Waals surface area contributed by atoms with Crippen LogP contribution in [0.25, 0.3) is 0 Å². The summed E-state index contributed by atoms with van der Waals surface area (Å²) in [6.07, 6.45) is 5.05. The minimum Gasteiger partial charge on any atom is -0.339 e. The Labute approximate surface area is 121 Å². The summed E-state index contributed by atoms with van der Waals surface area (Å²) in [5.74, 6) is 2.14. The molecule has 3 rings (SSSR count). The van der Waals surface area contributed by atoms with E-state index in [0.717, 1.165) is 44.4 Å². The number of hydrogen-bond donors (Lipinski definition) is 1. The van der Waals surface area contributed by atoms with E-state index in [0.29, 0.717) is 5.92 Å². The van der Waals surface area contributed by atoms with Crippen molar-refractivity contribution in [3.05, 3.63) is 11.7 Å². The average molecular weight is 278 g/mol. The molecule has 2 heterocycles. The molecule has 1 atom stereocenters. The first kappa shape index (κ1) is 14.0. The Morgan fingerprint density at radius 3 is 2.85 bits per heavy atom. The zero-order valence-electron chi connectivity index (χ0n) is 12.7. The Morgan fingerprint density at radius 2 is 2.10 bits per heavy atom. The Hall–Kier alpha value is -0.940. The lowest BCUT2D eigenvalue weighted by atomic mass is 9.69. The quantitative estimate of drug-likeness (QED) is 0.918. The summed E-state index contributed by atoms with van der Waals surface area (Å²) in [7, 11) is 0. The summed E-state index contributed by atoms with van der Waals surface area (Å²) >= 11 is 0. The van der Waals surface area contributed by atoms with E-state index in [1.54, 1.807) is 0 Å². The first-order chi connectivity index (χ1) is 9.65. The van der Waals surface area contributed by atoms with Crippen molar-refractivity contribution in [1.82, 2.24) is 20.4 Å². The number of piperazine rings is 1. The van der Waals surface area contributed by atoms with Crippen LogP contribution in [0.3, 0.4) is 0 Å². The standard InChI is InChI=1S/C15H26N4O/c1-15(2)6-4-3-5-12(15)14-17-13(18-20-14)11-19-9-7-16-8-10-19/h12,16H,3-11H2,1-2H3. The lowest BCUT2D eigenvalue weighted by Crippen LogP contribution is -2.43. The Morgan fingerprint density at radius 1 is 1.30 bits per heavy atom. The van der Waals surface area contributed by atoms with Gasteiger partial charge in [0.15, 0.2) is 5.82 Å². The van der Waals surface area contributed by atoms with E-state index in [1.165, 1.54) is 25.7 Å². The van der Waals surface area contributed by atoms with Crippen molar-refractivity contribution in [3.63, 3.8) is 0 Å². The summed E-state index contributed by atoms with van der Waals surface area (Å²) < 4.78 is 5.58. The molecule has 1 aromatic rings. The van der Waals surface area contributed by atoms with E-state index in [2.05, 4.69) is 34.2 Å². The normalized spacial score (nSPS) is 27.6. The highest BCUT2D eigenvalue weighted by molar-refractivity contribution is 5.02. The molecule has 5 heteroatoms. The average Bonchev–Trinajstić information content (AvgIpc) is 2.87.